The minimum atomic E-state index is -3.97. The van der Waals surface area contributed by atoms with Crippen molar-refractivity contribution in [2.45, 2.75) is 63.3 Å². The van der Waals surface area contributed by atoms with Crippen molar-refractivity contribution in [3.05, 3.63) is 36.3 Å². The second-order valence-corrected chi connectivity index (χ2v) is 12.4. The molecule has 0 spiro atoms. The van der Waals surface area contributed by atoms with E-state index in [-0.39, 0.29) is 46.9 Å². The molecule has 0 unspecified atom stereocenters. The number of benzene rings is 1. The largest absolute Gasteiger partial charge is 0.490 e. The van der Waals surface area contributed by atoms with Crippen molar-refractivity contribution in [2.24, 2.45) is 13.0 Å². The van der Waals surface area contributed by atoms with Crippen LogP contribution in [0.5, 0.6) is 5.75 Å². The van der Waals surface area contributed by atoms with Gasteiger partial charge in [0.2, 0.25) is 0 Å². The van der Waals surface area contributed by atoms with Crippen molar-refractivity contribution < 1.29 is 27.8 Å². The van der Waals surface area contributed by atoms with Crippen LogP contribution >= 0.6 is 0 Å². The van der Waals surface area contributed by atoms with Crippen LogP contribution in [0, 0.1) is 5.92 Å². The van der Waals surface area contributed by atoms with Crippen molar-refractivity contribution in [2.75, 3.05) is 45.1 Å². The molecular formula is C27H43N5O6S. The van der Waals surface area contributed by atoms with E-state index in [0.717, 1.165) is 19.3 Å². The molecule has 2 heterocycles. The molecule has 0 aliphatic carbocycles. The molecule has 0 bridgehead atoms. The van der Waals surface area contributed by atoms with Gasteiger partial charge < -0.3 is 28.9 Å². The Bertz CT molecular complexity index is 1200. The Morgan fingerprint density at radius 2 is 2.00 bits per heavy atom. The SMILES string of the molecule is C[C@@H]1CCCCO[C@H](CN(C)C)[C@@H](C)CN([C@H](C)CO)C(=O)c2cc(NS(=O)(=O)c3cn(C)cn3)ccc2O1. The Balaban J connectivity index is 2.02. The summed E-state index contributed by atoms with van der Waals surface area (Å²) in [4.78, 5) is 21.7. The number of aryl methyl sites for hydroxylation is 1. The average Bonchev–Trinajstić information content (AvgIpc) is 3.32. The normalized spacial score (nSPS) is 22.6. The number of rotatable bonds is 7. The first-order valence-electron chi connectivity index (χ1n) is 13.4. The second-order valence-electron chi connectivity index (χ2n) is 10.8. The van der Waals surface area contributed by atoms with Gasteiger partial charge in [-0.1, -0.05) is 6.92 Å². The number of carbonyl (C=O) groups excluding carboxylic acids is 1. The number of carbonyl (C=O) groups is 1. The lowest BCUT2D eigenvalue weighted by atomic mass is 10.0. The van der Waals surface area contributed by atoms with E-state index >= 15 is 0 Å². The molecule has 1 aromatic carbocycles. The highest BCUT2D eigenvalue weighted by molar-refractivity contribution is 7.92. The number of likely N-dealkylation sites (N-methyl/N-ethyl adjacent to an activating group) is 1. The van der Waals surface area contributed by atoms with Crippen LogP contribution in [0.4, 0.5) is 5.69 Å². The number of hydrogen-bond acceptors (Lipinski definition) is 8. The monoisotopic (exact) mass is 565 g/mol. The number of anilines is 1. The van der Waals surface area contributed by atoms with Crippen LogP contribution in [-0.4, -0.2) is 97.4 Å². The predicted octanol–water partition coefficient (Wildman–Crippen LogP) is 2.58. The van der Waals surface area contributed by atoms with Gasteiger partial charge in [0.25, 0.3) is 15.9 Å². The number of aliphatic hydroxyl groups excluding tert-OH is 1. The molecule has 0 saturated carbocycles. The number of nitrogens with one attached hydrogen (secondary N) is 1. The third-order valence-corrected chi connectivity index (χ3v) is 8.07. The van der Waals surface area contributed by atoms with Crippen LogP contribution in [0.3, 0.4) is 0 Å². The molecule has 4 atom stereocenters. The number of hydrogen-bond donors (Lipinski definition) is 2. The topological polar surface area (TPSA) is 126 Å². The highest BCUT2D eigenvalue weighted by Gasteiger charge is 2.30. The maximum atomic E-state index is 14.1. The molecule has 1 aliphatic heterocycles. The summed E-state index contributed by atoms with van der Waals surface area (Å²) in [6, 6.07) is 4.21. The zero-order valence-corrected chi connectivity index (χ0v) is 24.6. The first-order valence-corrected chi connectivity index (χ1v) is 14.9. The number of amides is 1. The molecule has 1 amide bonds. The van der Waals surface area contributed by atoms with E-state index in [4.69, 9.17) is 9.47 Å². The number of nitrogens with zero attached hydrogens (tertiary/aromatic N) is 4. The van der Waals surface area contributed by atoms with E-state index in [9.17, 15) is 18.3 Å². The van der Waals surface area contributed by atoms with Crippen molar-refractivity contribution in [1.29, 1.82) is 0 Å². The fraction of sp³-hybridized carbons (Fsp3) is 0.630. The fourth-order valence-corrected chi connectivity index (χ4v) is 5.58. The zero-order valence-electron chi connectivity index (χ0n) is 23.8. The lowest BCUT2D eigenvalue weighted by molar-refractivity contribution is -0.0137. The second kappa shape index (κ2) is 13.6. The standard InChI is InChI=1S/C27H43N5O6S/c1-19-14-32(20(2)17-33)27(34)23-13-22(29-39(35,36)26-16-31(6)18-28-26)10-11-24(23)38-21(3)9-7-8-12-37-25(19)15-30(4)5/h10-11,13,16,18-21,25,29,33H,7-9,12,14-15,17H2,1-6H3/t19-,20+,21+,25+/m0/s1. The van der Waals surface area contributed by atoms with Gasteiger partial charge in [-0.05, 0) is 65.4 Å². The predicted molar refractivity (Wildman–Crippen MR) is 149 cm³/mol. The third-order valence-electron chi connectivity index (χ3n) is 6.81. The van der Waals surface area contributed by atoms with Crippen LogP contribution in [0.15, 0.2) is 35.7 Å². The lowest BCUT2D eigenvalue weighted by Gasteiger charge is -2.35. The highest BCUT2D eigenvalue weighted by atomic mass is 32.2. The van der Waals surface area contributed by atoms with E-state index < -0.39 is 16.1 Å². The molecule has 1 aliphatic rings. The Morgan fingerprint density at radius 3 is 2.64 bits per heavy atom. The van der Waals surface area contributed by atoms with Gasteiger partial charge in [0.05, 0.1) is 36.7 Å². The summed E-state index contributed by atoms with van der Waals surface area (Å²) >= 11 is 0. The van der Waals surface area contributed by atoms with E-state index in [1.165, 1.54) is 18.6 Å². The third kappa shape index (κ3) is 8.41. The summed E-state index contributed by atoms with van der Waals surface area (Å²) in [5, 5.41) is 9.91. The zero-order chi connectivity index (χ0) is 28.7. The molecule has 2 N–H and O–H groups in total. The lowest BCUT2D eigenvalue weighted by Crippen LogP contribution is -2.47. The van der Waals surface area contributed by atoms with Gasteiger partial charge in [0, 0.05) is 44.5 Å². The smallest absolute Gasteiger partial charge is 0.280 e. The molecule has 12 heteroatoms. The van der Waals surface area contributed by atoms with Crippen molar-refractivity contribution in [3.63, 3.8) is 0 Å². The molecule has 218 valence electrons. The van der Waals surface area contributed by atoms with Crippen LogP contribution in [0.25, 0.3) is 0 Å². The summed E-state index contributed by atoms with van der Waals surface area (Å²) in [5.74, 6) is -0.0122. The minimum absolute atomic E-state index is 0.0255. The Morgan fingerprint density at radius 1 is 1.26 bits per heavy atom. The van der Waals surface area contributed by atoms with Crippen molar-refractivity contribution in [1.82, 2.24) is 19.4 Å². The van der Waals surface area contributed by atoms with Gasteiger partial charge >= 0.3 is 0 Å². The molecule has 1 aromatic heterocycles. The number of ether oxygens (including phenoxy) is 2. The van der Waals surface area contributed by atoms with Crippen molar-refractivity contribution >= 4 is 21.6 Å². The quantitative estimate of drug-likeness (QED) is 0.525. The van der Waals surface area contributed by atoms with Gasteiger partial charge in [-0.2, -0.15) is 8.42 Å². The fourth-order valence-electron chi connectivity index (χ4n) is 4.54. The molecule has 3 rings (SSSR count). The van der Waals surface area contributed by atoms with E-state index in [0.29, 0.717) is 25.4 Å². The molecule has 2 aromatic rings. The highest BCUT2D eigenvalue weighted by Crippen LogP contribution is 2.29. The molecule has 11 nitrogen and oxygen atoms in total. The first kappa shape index (κ1) is 30.9. The molecule has 0 radical (unpaired) electrons. The van der Waals surface area contributed by atoms with Crippen LogP contribution in [0.2, 0.25) is 0 Å². The minimum Gasteiger partial charge on any atom is -0.490 e. The summed E-state index contributed by atoms with van der Waals surface area (Å²) in [7, 11) is 1.69. The Kier molecular flexibility index (Phi) is 10.8. The molecule has 0 saturated heterocycles. The van der Waals surface area contributed by atoms with E-state index in [2.05, 4.69) is 14.6 Å². The van der Waals surface area contributed by atoms with E-state index in [1.807, 2.05) is 27.9 Å². The first-order chi connectivity index (χ1) is 18.4. The van der Waals surface area contributed by atoms with Crippen molar-refractivity contribution in [3.8, 4) is 5.75 Å². The summed E-state index contributed by atoms with van der Waals surface area (Å²) in [5.41, 5.74) is 0.432. The van der Waals surface area contributed by atoms with Crippen LogP contribution in [0.1, 0.15) is 50.4 Å². The summed E-state index contributed by atoms with van der Waals surface area (Å²) in [6.07, 6.45) is 5.10. The average molecular weight is 566 g/mol. The molecule has 39 heavy (non-hydrogen) atoms. The maximum absolute atomic E-state index is 14.1. The molecular weight excluding hydrogens is 522 g/mol. The number of fused-ring (bicyclic) bond motifs is 1. The van der Waals surface area contributed by atoms with Crippen LogP contribution in [-0.2, 0) is 21.8 Å². The van der Waals surface area contributed by atoms with Gasteiger partial charge in [0.15, 0.2) is 5.03 Å². The van der Waals surface area contributed by atoms with Gasteiger partial charge in [-0.3, -0.25) is 9.52 Å². The molecule has 0 fully saturated rings. The summed E-state index contributed by atoms with van der Waals surface area (Å²) < 4.78 is 42.4. The van der Waals surface area contributed by atoms with Crippen LogP contribution < -0.4 is 9.46 Å². The number of aromatic nitrogens is 2. The Hall–Kier alpha value is -2.67. The number of aliphatic hydroxyl groups is 1. The number of sulfonamides is 1. The van der Waals surface area contributed by atoms with Gasteiger partial charge in [-0.15, -0.1) is 0 Å². The van der Waals surface area contributed by atoms with Gasteiger partial charge in [0.1, 0.15) is 5.75 Å². The maximum Gasteiger partial charge on any atom is 0.280 e. The van der Waals surface area contributed by atoms with Gasteiger partial charge in [-0.25, -0.2) is 4.98 Å². The summed E-state index contributed by atoms with van der Waals surface area (Å²) in [6.45, 7) is 7.22. The Labute approximate surface area is 232 Å². The van der Waals surface area contributed by atoms with E-state index in [1.54, 1.807) is 35.6 Å². The number of imidazole rings is 1.